The van der Waals surface area contributed by atoms with Gasteiger partial charge in [-0.2, -0.15) is 5.10 Å². The molecule has 0 radical (unpaired) electrons. The van der Waals surface area contributed by atoms with Gasteiger partial charge >= 0.3 is 0 Å². The number of aromatic nitrogens is 2. The van der Waals surface area contributed by atoms with Crippen molar-refractivity contribution in [1.29, 1.82) is 0 Å². The normalized spacial score (nSPS) is 12.4. The first-order valence-corrected chi connectivity index (χ1v) is 7.55. The minimum absolute atomic E-state index is 0. The van der Waals surface area contributed by atoms with Gasteiger partial charge < -0.3 is 11.1 Å². The Kier molecular flexibility index (Phi) is 6.93. The third-order valence-electron chi connectivity index (χ3n) is 3.57. The first-order chi connectivity index (χ1) is 10.7. The van der Waals surface area contributed by atoms with E-state index < -0.39 is 11.6 Å². The maximum absolute atomic E-state index is 13.0. The summed E-state index contributed by atoms with van der Waals surface area (Å²) in [5, 5.41) is 7.03. The van der Waals surface area contributed by atoms with Gasteiger partial charge in [0.2, 0.25) is 5.91 Å². The number of nitrogens with two attached hydrogens (primary N) is 1. The molecule has 1 heterocycles. The SMILES string of the molecule is Cl.Cn1cc(C[C@@H](N)C(=O)NC(C)(C)Cc2ccc(F)cc2)cn1. The van der Waals surface area contributed by atoms with Gasteiger partial charge in [0, 0.05) is 18.8 Å². The van der Waals surface area contributed by atoms with Crippen LogP contribution in [-0.4, -0.2) is 27.3 Å². The fourth-order valence-corrected chi connectivity index (χ4v) is 2.51. The fourth-order valence-electron chi connectivity index (χ4n) is 2.51. The van der Waals surface area contributed by atoms with E-state index in [0.717, 1.165) is 11.1 Å². The van der Waals surface area contributed by atoms with Gasteiger partial charge in [0.25, 0.3) is 0 Å². The summed E-state index contributed by atoms with van der Waals surface area (Å²) in [7, 11) is 1.82. The number of aryl methyl sites for hydroxylation is 1. The third-order valence-corrected chi connectivity index (χ3v) is 3.57. The van der Waals surface area contributed by atoms with Gasteiger partial charge in [0.15, 0.2) is 0 Å². The van der Waals surface area contributed by atoms with Crippen LogP contribution in [-0.2, 0) is 24.7 Å². The maximum atomic E-state index is 13.0. The topological polar surface area (TPSA) is 72.9 Å². The maximum Gasteiger partial charge on any atom is 0.237 e. The van der Waals surface area contributed by atoms with Crippen LogP contribution in [0, 0.1) is 5.82 Å². The highest BCUT2D eigenvalue weighted by atomic mass is 35.5. The van der Waals surface area contributed by atoms with Crippen LogP contribution in [0.5, 0.6) is 0 Å². The number of hydrogen-bond donors (Lipinski definition) is 2. The molecule has 7 heteroatoms. The Morgan fingerprint density at radius 3 is 2.50 bits per heavy atom. The van der Waals surface area contributed by atoms with Crippen molar-refractivity contribution in [1.82, 2.24) is 15.1 Å². The summed E-state index contributed by atoms with van der Waals surface area (Å²) in [6.07, 6.45) is 4.58. The molecule has 0 fully saturated rings. The lowest BCUT2D eigenvalue weighted by molar-refractivity contribution is -0.123. The van der Waals surface area contributed by atoms with Crippen molar-refractivity contribution in [2.45, 2.75) is 38.3 Å². The number of nitrogens with one attached hydrogen (secondary N) is 1. The van der Waals surface area contributed by atoms with E-state index in [1.54, 1.807) is 23.0 Å². The van der Waals surface area contributed by atoms with Crippen LogP contribution < -0.4 is 11.1 Å². The van der Waals surface area contributed by atoms with E-state index in [4.69, 9.17) is 5.73 Å². The average molecular weight is 355 g/mol. The zero-order chi connectivity index (χ0) is 17.0. The average Bonchev–Trinajstić information content (AvgIpc) is 2.86. The quantitative estimate of drug-likeness (QED) is 0.833. The Labute approximate surface area is 147 Å². The van der Waals surface area contributed by atoms with Crippen molar-refractivity contribution >= 4 is 18.3 Å². The number of nitrogens with zero attached hydrogens (tertiary/aromatic N) is 2. The molecule has 0 unspecified atom stereocenters. The first-order valence-electron chi connectivity index (χ1n) is 7.55. The molecule has 0 bridgehead atoms. The monoisotopic (exact) mass is 354 g/mol. The molecule has 5 nitrogen and oxygen atoms in total. The first kappa shape index (κ1) is 20.1. The van der Waals surface area contributed by atoms with E-state index in [0.29, 0.717) is 12.8 Å². The molecule has 0 saturated heterocycles. The van der Waals surface area contributed by atoms with Crippen molar-refractivity contribution < 1.29 is 9.18 Å². The van der Waals surface area contributed by atoms with Gasteiger partial charge in [-0.3, -0.25) is 9.48 Å². The molecule has 0 aliphatic carbocycles. The van der Waals surface area contributed by atoms with Crippen molar-refractivity contribution in [2.24, 2.45) is 12.8 Å². The predicted octanol–water partition coefficient (Wildman–Crippen LogP) is 1.99. The van der Waals surface area contributed by atoms with Crippen LogP contribution in [0.3, 0.4) is 0 Å². The molecular weight excluding hydrogens is 331 g/mol. The highest BCUT2D eigenvalue weighted by Crippen LogP contribution is 2.14. The fraction of sp³-hybridized carbons (Fsp3) is 0.412. The number of rotatable bonds is 6. The lowest BCUT2D eigenvalue weighted by Gasteiger charge is -2.28. The summed E-state index contributed by atoms with van der Waals surface area (Å²) in [4.78, 5) is 12.3. The van der Waals surface area contributed by atoms with E-state index in [2.05, 4.69) is 10.4 Å². The van der Waals surface area contributed by atoms with E-state index in [-0.39, 0.29) is 24.1 Å². The molecule has 0 aliphatic heterocycles. The second kappa shape index (κ2) is 8.26. The number of carbonyl (C=O) groups excluding carboxylic acids is 1. The lowest BCUT2D eigenvalue weighted by atomic mass is 9.94. The van der Waals surface area contributed by atoms with Gasteiger partial charge in [0.05, 0.1) is 12.2 Å². The van der Waals surface area contributed by atoms with Gasteiger partial charge in [-0.15, -0.1) is 12.4 Å². The summed E-state index contributed by atoms with van der Waals surface area (Å²) in [6, 6.07) is 5.65. The van der Waals surface area contributed by atoms with Crippen molar-refractivity contribution in [3.63, 3.8) is 0 Å². The molecule has 0 aliphatic rings. The molecular formula is C17H24ClFN4O. The lowest BCUT2D eigenvalue weighted by Crippen LogP contribution is -2.52. The van der Waals surface area contributed by atoms with Gasteiger partial charge in [-0.25, -0.2) is 4.39 Å². The van der Waals surface area contributed by atoms with Crippen LogP contribution in [0.25, 0.3) is 0 Å². The Hall–Kier alpha value is -1.92. The number of benzene rings is 1. The summed E-state index contributed by atoms with van der Waals surface area (Å²) >= 11 is 0. The zero-order valence-electron chi connectivity index (χ0n) is 14.1. The van der Waals surface area contributed by atoms with E-state index >= 15 is 0 Å². The number of hydrogen-bond acceptors (Lipinski definition) is 3. The molecule has 1 atom stereocenters. The molecule has 132 valence electrons. The number of amides is 1. The van der Waals surface area contributed by atoms with E-state index in [9.17, 15) is 9.18 Å². The van der Waals surface area contributed by atoms with Crippen molar-refractivity contribution in [2.75, 3.05) is 0 Å². The molecule has 24 heavy (non-hydrogen) atoms. The van der Waals surface area contributed by atoms with Crippen molar-refractivity contribution in [3.05, 3.63) is 53.6 Å². The van der Waals surface area contributed by atoms with Crippen LogP contribution in [0.4, 0.5) is 4.39 Å². The Morgan fingerprint density at radius 1 is 1.33 bits per heavy atom. The highest BCUT2D eigenvalue weighted by molar-refractivity contribution is 5.85. The molecule has 2 aromatic rings. The van der Waals surface area contributed by atoms with E-state index in [1.807, 2.05) is 27.1 Å². The van der Waals surface area contributed by atoms with Crippen LogP contribution >= 0.6 is 12.4 Å². The number of halogens is 2. The van der Waals surface area contributed by atoms with Crippen LogP contribution in [0.15, 0.2) is 36.7 Å². The summed E-state index contributed by atoms with van der Waals surface area (Å²) in [6.45, 7) is 3.84. The molecule has 0 saturated carbocycles. The van der Waals surface area contributed by atoms with Crippen LogP contribution in [0.2, 0.25) is 0 Å². The van der Waals surface area contributed by atoms with Gasteiger partial charge in [-0.1, -0.05) is 12.1 Å². The standard InChI is InChI=1S/C17H23FN4O.ClH/c1-17(2,9-12-4-6-14(18)7-5-12)21-16(23)15(19)8-13-10-20-22(3)11-13;/h4-7,10-11,15H,8-9,19H2,1-3H3,(H,21,23);1H/t15-;/m1./s1. The third kappa shape index (κ3) is 5.94. The highest BCUT2D eigenvalue weighted by Gasteiger charge is 2.24. The summed E-state index contributed by atoms with van der Waals surface area (Å²) in [5.74, 6) is -0.477. The number of carbonyl (C=O) groups is 1. The minimum atomic E-state index is -0.633. The van der Waals surface area contributed by atoms with E-state index in [1.165, 1.54) is 12.1 Å². The van der Waals surface area contributed by atoms with Crippen LogP contribution in [0.1, 0.15) is 25.0 Å². The largest absolute Gasteiger partial charge is 0.350 e. The minimum Gasteiger partial charge on any atom is -0.350 e. The van der Waals surface area contributed by atoms with Crippen molar-refractivity contribution in [3.8, 4) is 0 Å². The molecule has 2 rings (SSSR count). The summed E-state index contributed by atoms with van der Waals surface area (Å²) in [5.41, 5.74) is 7.39. The van der Waals surface area contributed by atoms with Gasteiger partial charge in [-0.05, 0) is 49.9 Å². The summed E-state index contributed by atoms with van der Waals surface area (Å²) < 4.78 is 14.6. The molecule has 1 aromatic heterocycles. The zero-order valence-corrected chi connectivity index (χ0v) is 14.9. The molecule has 1 aromatic carbocycles. The Bertz CT molecular complexity index is 669. The second-order valence-electron chi connectivity index (χ2n) is 6.51. The smallest absolute Gasteiger partial charge is 0.237 e. The molecule has 1 amide bonds. The molecule has 3 N–H and O–H groups in total. The Morgan fingerprint density at radius 2 is 1.96 bits per heavy atom. The van der Waals surface area contributed by atoms with Gasteiger partial charge in [0.1, 0.15) is 5.82 Å². The predicted molar refractivity (Wildman–Crippen MR) is 94.5 cm³/mol. The molecule has 0 spiro atoms. The Balaban J connectivity index is 0.00000288. The second-order valence-corrected chi connectivity index (χ2v) is 6.51.